The molecule has 3 fully saturated rings. The van der Waals surface area contributed by atoms with E-state index in [1.165, 1.54) is 4.90 Å². The van der Waals surface area contributed by atoms with Crippen molar-refractivity contribution in [1.82, 2.24) is 25.3 Å². The van der Waals surface area contributed by atoms with Gasteiger partial charge in [-0.15, -0.1) is 0 Å². The smallest absolute Gasteiger partial charge is 0.325 e. The Bertz CT molecular complexity index is 686. The fourth-order valence-electron chi connectivity index (χ4n) is 3.98. The van der Waals surface area contributed by atoms with Crippen molar-refractivity contribution in [3.63, 3.8) is 0 Å². The predicted molar refractivity (Wildman–Crippen MR) is 88.6 cm³/mol. The summed E-state index contributed by atoms with van der Waals surface area (Å²) >= 11 is 0. The highest BCUT2D eigenvalue weighted by Gasteiger charge is 2.52. The molecule has 8 heteroatoms. The van der Waals surface area contributed by atoms with Crippen molar-refractivity contribution in [1.29, 1.82) is 0 Å². The number of aromatic nitrogens is 2. The molecule has 1 N–H and O–H groups in total. The minimum atomic E-state index is -0.820. The molecule has 4 rings (SSSR count). The van der Waals surface area contributed by atoms with E-state index in [0.29, 0.717) is 24.9 Å². The lowest BCUT2D eigenvalue weighted by atomic mass is 9.80. The fraction of sp³-hybridized carbons (Fsp3) is 0.765. The number of likely N-dealkylation sites (N-methyl/N-ethyl adjacent to an activating group) is 1. The number of hydrogen-bond acceptors (Lipinski definition) is 6. The molecule has 3 amide bonds. The first-order valence-electron chi connectivity index (χ1n) is 9.20. The second-order valence-electron chi connectivity index (χ2n) is 7.58. The second-order valence-corrected chi connectivity index (χ2v) is 7.58. The lowest BCUT2D eigenvalue weighted by molar-refractivity contribution is -0.133. The van der Waals surface area contributed by atoms with Gasteiger partial charge in [-0.2, -0.15) is 4.98 Å². The van der Waals surface area contributed by atoms with E-state index in [9.17, 15) is 9.59 Å². The molecule has 2 saturated heterocycles. The molecule has 1 aromatic heterocycles. The van der Waals surface area contributed by atoms with Crippen LogP contribution < -0.4 is 5.32 Å². The standard InChI is InChI=1S/C17H25N5O3/c1-3-22-15(23)17(2,19-16(22)24)12-5-4-8-21(9-12)10-13-18-14(20-25-13)11-6-7-11/h11-12H,3-10H2,1-2H3,(H,19,24)/t12-,17+/m0/s1. The molecule has 2 atom stereocenters. The Hall–Kier alpha value is -1.96. The fourth-order valence-corrected chi connectivity index (χ4v) is 3.98. The molecule has 3 aliphatic rings. The molecule has 2 aliphatic heterocycles. The molecular formula is C17H25N5O3. The molecule has 1 saturated carbocycles. The molecule has 1 aliphatic carbocycles. The predicted octanol–water partition coefficient (Wildman–Crippen LogP) is 1.49. The van der Waals surface area contributed by atoms with Crippen LogP contribution in [0.4, 0.5) is 4.79 Å². The lowest BCUT2D eigenvalue weighted by Gasteiger charge is -2.39. The monoisotopic (exact) mass is 347 g/mol. The summed E-state index contributed by atoms with van der Waals surface area (Å²) in [5.74, 6) is 1.93. The number of amides is 3. The lowest BCUT2D eigenvalue weighted by Crippen LogP contribution is -2.55. The number of rotatable bonds is 5. The summed E-state index contributed by atoms with van der Waals surface area (Å²) in [5, 5.41) is 6.99. The highest BCUT2D eigenvalue weighted by atomic mass is 16.5. The number of likely N-dealkylation sites (tertiary alicyclic amines) is 1. The van der Waals surface area contributed by atoms with Crippen molar-refractivity contribution in [3.8, 4) is 0 Å². The minimum absolute atomic E-state index is 0.0834. The van der Waals surface area contributed by atoms with Crippen molar-refractivity contribution in [2.45, 2.75) is 57.5 Å². The number of hydrogen-bond donors (Lipinski definition) is 1. The zero-order valence-corrected chi connectivity index (χ0v) is 14.8. The summed E-state index contributed by atoms with van der Waals surface area (Å²) < 4.78 is 5.38. The van der Waals surface area contributed by atoms with Crippen LogP contribution in [-0.4, -0.2) is 57.1 Å². The van der Waals surface area contributed by atoms with Gasteiger partial charge in [0, 0.05) is 24.9 Å². The van der Waals surface area contributed by atoms with E-state index < -0.39 is 5.54 Å². The maximum absolute atomic E-state index is 12.7. The number of nitrogens with zero attached hydrogens (tertiary/aromatic N) is 4. The van der Waals surface area contributed by atoms with Crippen LogP contribution >= 0.6 is 0 Å². The number of carbonyl (C=O) groups excluding carboxylic acids is 2. The largest absolute Gasteiger partial charge is 0.338 e. The Morgan fingerprint density at radius 1 is 1.32 bits per heavy atom. The number of imide groups is 1. The highest BCUT2D eigenvalue weighted by molar-refractivity contribution is 6.07. The first-order valence-corrected chi connectivity index (χ1v) is 9.20. The zero-order chi connectivity index (χ0) is 17.6. The average Bonchev–Trinajstić information content (AvgIpc) is 3.30. The van der Waals surface area contributed by atoms with Gasteiger partial charge in [0.05, 0.1) is 6.54 Å². The molecule has 0 radical (unpaired) electrons. The first kappa shape index (κ1) is 16.5. The van der Waals surface area contributed by atoms with Gasteiger partial charge in [-0.25, -0.2) is 4.79 Å². The summed E-state index contributed by atoms with van der Waals surface area (Å²) in [6.07, 6.45) is 4.21. The van der Waals surface area contributed by atoms with Gasteiger partial charge >= 0.3 is 6.03 Å². The van der Waals surface area contributed by atoms with E-state index in [1.54, 1.807) is 0 Å². The van der Waals surface area contributed by atoms with Crippen LogP contribution in [-0.2, 0) is 11.3 Å². The quantitative estimate of drug-likeness (QED) is 0.812. The molecular weight excluding hydrogens is 322 g/mol. The van der Waals surface area contributed by atoms with Crippen molar-refractivity contribution in [2.24, 2.45) is 5.92 Å². The number of piperidine rings is 1. The van der Waals surface area contributed by atoms with Crippen LogP contribution in [0.1, 0.15) is 57.2 Å². The second kappa shape index (κ2) is 6.09. The van der Waals surface area contributed by atoms with Crippen LogP contribution in [0, 0.1) is 5.92 Å². The Morgan fingerprint density at radius 2 is 2.12 bits per heavy atom. The van der Waals surface area contributed by atoms with Gasteiger partial charge in [-0.05, 0) is 46.1 Å². The summed E-state index contributed by atoms with van der Waals surface area (Å²) in [7, 11) is 0. The summed E-state index contributed by atoms with van der Waals surface area (Å²) in [6, 6.07) is -0.280. The SMILES string of the molecule is CCN1C(=O)N[C@](C)([C@H]2CCCN(Cc3nc(C4CC4)no3)C2)C1=O. The van der Waals surface area contributed by atoms with Crippen molar-refractivity contribution < 1.29 is 14.1 Å². The summed E-state index contributed by atoms with van der Waals surface area (Å²) in [6.45, 7) is 6.36. The third-order valence-corrected chi connectivity index (χ3v) is 5.72. The highest BCUT2D eigenvalue weighted by Crippen LogP contribution is 2.38. The topological polar surface area (TPSA) is 91.6 Å². The molecule has 0 spiro atoms. The molecule has 0 unspecified atom stereocenters. The summed E-state index contributed by atoms with van der Waals surface area (Å²) in [4.78, 5) is 32.8. The van der Waals surface area contributed by atoms with Crippen molar-refractivity contribution >= 4 is 11.9 Å². The molecule has 3 heterocycles. The number of nitrogens with one attached hydrogen (secondary N) is 1. The van der Waals surface area contributed by atoms with Gasteiger partial charge in [0.2, 0.25) is 5.89 Å². The van der Waals surface area contributed by atoms with Crippen LogP contribution in [0.3, 0.4) is 0 Å². The minimum Gasteiger partial charge on any atom is -0.338 e. The molecule has 1 aromatic rings. The molecule has 8 nitrogen and oxygen atoms in total. The van der Waals surface area contributed by atoms with Crippen LogP contribution in [0.25, 0.3) is 0 Å². The van der Waals surface area contributed by atoms with Gasteiger partial charge in [0.1, 0.15) is 5.54 Å². The average molecular weight is 347 g/mol. The first-order chi connectivity index (χ1) is 12.0. The van der Waals surface area contributed by atoms with E-state index in [-0.39, 0.29) is 17.9 Å². The Kier molecular flexibility index (Phi) is 4.02. The normalized spacial score (nSPS) is 30.8. The molecule has 136 valence electrons. The zero-order valence-electron chi connectivity index (χ0n) is 14.8. The van der Waals surface area contributed by atoms with E-state index >= 15 is 0 Å². The van der Waals surface area contributed by atoms with E-state index in [4.69, 9.17) is 4.52 Å². The maximum atomic E-state index is 12.7. The molecule has 0 aromatic carbocycles. The number of urea groups is 1. The molecule has 0 bridgehead atoms. The van der Waals surface area contributed by atoms with Gasteiger partial charge in [-0.3, -0.25) is 14.6 Å². The number of carbonyl (C=O) groups is 2. The maximum Gasteiger partial charge on any atom is 0.325 e. The summed E-state index contributed by atoms with van der Waals surface area (Å²) in [5.41, 5.74) is -0.820. The van der Waals surface area contributed by atoms with Gasteiger partial charge < -0.3 is 9.84 Å². The van der Waals surface area contributed by atoms with Crippen LogP contribution in [0.15, 0.2) is 4.52 Å². The van der Waals surface area contributed by atoms with Crippen LogP contribution in [0.2, 0.25) is 0 Å². The van der Waals surface area contributed by atoms with Crippen LogP contribution in [0.5, 0.6) is 0 Å². The third kappa shape index (κ3) is 2.92. The van der Waals surface area contributed by atoms with Gasteiger partial charge in [0.25, 0.3) is 5.91 Å². The van der Waals surface area contributed by atoms with Crippen molar-refractivity contribution in [3.05, 3.63) is 11.7 Å². The Labute approximate surface area is 146 Å². The van der Waals surface area contributed by atoms with Crippen molar-refractivity contribution in [2.75, 3.05) is 19.6 Å². The van der Waals surface area contributed by atoms with E-state index in [0.717, 1.165) is 44.6 Å². The Balaban J connectivity index is 1.43. The van der Waals surface area contributed by atoms with E-state index in [1.807, 2.05) is 13.8 Å². The van der Waals surface area contributed by atoms with Gasteiger partial charge in [0.15, 0.2) is 5.82 Å². The molecule has 25 heavy (non-hydrogen) atoms. The Morgan fingerprint density at radius 3 is 2.80 bits per heavy atom. The third-order valence-electron chi connectivity index (χ3n) is 5.72. The van der Waals surface area contributed by atoms with E-state index in [2.05, 4.69) is 20.4 Å². The van der Waals surface area contributed by atoms with Gasteiger partial charge in [-0.1, -0.05) is 5.16 Å².